The molecule has 0 bridgehead atoms. The molecule has 0 aliphatic carbocycles. The average Bonchev–Trinajstić information content (AvgIpc) is 3.20. The lowest BCUT2D eigenvalue weighted by atomic mass is 10.3. The van der Waals surface area contributed by atoms with Gasteiger partial charge < -0.3 is 4.74 Å². The van der Waals surface area contributed by atoms with E-state index in [2.05, 4.69) is 36.0 Å². The molecular formula is C14H8BrFN6O. The highest BCUT2D eigenvalue weighted by Gasteiger charge is 2.13. The number of halogens is 2. The molecule has 1 aromatic carbocycles. The fourth-order valence-electron chi connectivity index (χ4n) is 2.10. The molecule has 114 valence electrons. The van der Waals surface area contributed by atoms with E-state index in [1.807, 2.05) is 0 Å². The van der Waals surface area contributed by atoms with E-state index in [1.54, 1.807) is 29.1 Å². The fourth-order valence-corrected chi connectivity index (χ4v) is 2.49. The lowest BCUT2D eigenvalue weighted by molar-refractivity contribution is 0.429. The number of rotatable bonds is 3. The molecule has 9 heteroatoms. The minimum absolute atomic E-state index is 0.0496. The van der Waals surface area contributed by atoms with Crippen LogP contribution in [0.5, 0.6) is 11.6 Å². The number of hydrogen-bond donors (Lipinski definition) is 0. The first-order valence-corrected chi connectivity index (χ1v) is 7.31. The van der Waals surface area contributed by atoms with E-state index in [1.165, 1.54) is 29.5 Å². The first-order chi connectivity index (χ1) is 11.2. The van der Waals surface area contributed by atoms with Gasteiger partial charge in [0.25, 0.3) is 5.88 Å². The second-order valence-corrected chi connectivity index (χ2v) is 5.38. The van der Waals surface area contributed by atoms with Gasteiger partial charge in [-0.15, -0.1) is 0 Å². The van der Waals surface area contributed by atoms with E-state index in [0.717, 1.165) is 4.60 Å². The van der Waals surface area contributed by atoms with Crippen molar-refractivity contribution >= 4 is 21.6 Å². The van der Waals surface area contributed by atoms with E-state index < -0.39 is 5.82 Å². The predicted octanol–water partition coefficient (Wildman–Crippen LogP) is 3.00. The molecule has 23 heavy (non-hydrogen) atoms. The van der Waals surface area contributed by atoms with Crippen molar-refractivity contribution in [1.82, 2.24) is 29.1 Å². The first-order valence-electron chi connectivity index (χ1n) is 6.52. The number of fused-ring (bicyclic) bond motifs is 1. The zero-order valence-electron chi connectivity index (χ0n) is 11.5. The number of imidazole rings is 1. The van der Waals surface area contributed by atoms with Crippen molar-refractivity contribution in [2.45, 2.75) is 0 Å². The second-order valence-electron chi connectivity index (χ2n) is 4.56. The van der Waals surface area contributed by atoms with Gasteiger partial charge in [0.2, 0.25) is 5.65 Å². The molecule has 0 saturated heterocycles. The Morgan fingerprint density at radius 3 is 2.91 bits per heavy atom. The largest absolute Gasteiger partial charge is 0.433 e. The Labute approximate surface area is 137 Å². The highest BCUT2D eigenvalue weighted by molar-refractivity contribution is 9.10. The molecule has 0 spiro atoms. The Balaban J connectivity index is 1.71. The van der Waals surface area contributed by atoms with Crippen LogP contribution in [0.4, 0.5) is 4.39 Å². The topological polar surface area (TPSA) is 70.1 Å². The van der Waals surface area contributed by atoms with Crippen LogP contribution in [-0.4, -0.2) is 29.1 Å². The highest BCUT2D eigenvalue weighted by Crippen LogP contribution is 2.28. The van der Waals surface area contributed by atoms with Crippen molar-refractivity contribution < 1.29 is 9.13 Å². The average molecular weight is 375 g/mol. The molecular weight excluding hydrogens is 367 g/mol. The summed E-state index contributed by atoms with van der Waals surface area (Å²) >= 11 is 3.36. The molecule has 0 N–H and O–H groups in total. The van der Waals surface area contributed by atoms with Crippen LogP contribution in [-0.2, 0) is 0 Å². The van der Waals surface area contributed by atoms with E-state index in [9.17, 15) is 4.39 Å². The summed E-state index contributed by atoms with van der Waals surface area (Å²) in [4.78, 5) is 12.1. The van der Waals surface area contributed by atoms with Gasteiger partial charge in [0.05, 0.1) is 11.9 Å². The Hall–Kier alpha value is -2.81. The van der Waals surface area contributed by atoms with Gasteiger partial charge in [-0.05, 0) is 28.1 Å². The Morgan fingerprint density at radius 1 is 1.22 bits per heavy atom. The predicted molar refractivity (Wildman–Crippen MR) is 82.1 cm³/mol. The van der Waals surface area contributed by atoms with E-state index in [0.29, 0.717) is 11.3 Å². The van der Waals surface area contributed by atoms with Gasteiger partial charge in [0.15, 0.2) is 11.6 Å². The summed E-state index contributed by atoms with van der Waals surface area (Å²) in [6.45, 7) is 0. The van der Waals surface area contributed by atoms with Crippen molar-refractivity contribution in [1.29, 1.82) is 0 Å². The van der Waals surface area contributed by atoms with Crippen LogP contribution >= 0.6 is 15.9 Å². The quantitative estimate of drug-likeness (QED) is 0.551. The standard InChI is InChI=1S/C14H8BrFN6O/c15-12-6-19-13-14(18-3-4-21(12)13)23-11-2-1-9(5-10(11)16)22-8-17-7-20-22/h1-8H. The third kappa shape index (κ3) is 2.44. The van der Waals surface area contributed by atoms with Gasteiger partial charge in [-0.25, -0.2) is 24.0 Å². The van der Waals surface area contributed by atoms with Gasteiger partial charge >= 0.3 is 0 Å². The molecule has 0 atom stereocenters. The summed E-state index contributed by atoms with van der Waals surface area (Å²) in [7, 11) is 0. The van der Waals surface area contributed by atoms with Gasteiger partial charge in [-0.3, -0.25) is 4.40 Å². The molecule has 7 nitrogen and oxygen atoms in total. The number of aromatic nitrogens is 6. The normalized spacial score (nSPS) is 11.0. The molecule has 3 aromatic heterocycles. The molecule has 4 rings (SSSR count). The molecule has 0 unspecified atom stereocenters. The summed E-state index contributed by atoms with van der Waals surface area (Å²) in [5.74, 6) is -0.272. The molecule has 0 amide bonds. The Morgan fingerprint density at radius 2 is 2.13 bits per heavy atom. The second kappa shape index (κ2) is 5.43. The van der Waals surface area contributed by atoms with Crippen LogP contribution < -0.4 is 4.74 Å². The molecule has 4 aromatic rings. The lowest BCUT2D eigenvalue weighted by Gasteiger charge is -2.08. The van der Waals surface area contributed by atoms with E-state index in [-0.39, 0.29) is 11.6 Å². The number of ether oxygens (including phenoxy) is 1. The summed E-state index contributed by atoms with van der Waals surface area (Å²) in [6.07, 6.45) is 7.76. The zero-order valence-corrected chi connectivity index (χ0v) is 13.1. The third-order valence-electron chi connectivity index (χ3n) is 3.16. The highest BCUT2D eigenvalue weighted by atomic mass is 79.9. The lowest BCUT2D eigenvalue weighted by Crippen LogP contribution is -1.98. The van der Waals surface area contributed by atoms with E-state index >= 15 is 0 Å². The van der Waals surface area contributed by atoms with Crippen molar-refractivity contribution in [2.24, 2.45) is 0 Å². The summed E-state index contributed by atoms with van der Waals surface area (Å²) in [5, 5.41) is 3.95. The van der Waals surface area contributed by atoms with Crippen molar-refractivity contribution in [3.63, 3.8) is 0 Å². The number of hydrogen-bond acceptors (Lipinski definition) is 5. The maximum absolute atomic E-state index is 14.3. The molecule has 0 aliphatic rings. The Bertz CT molecular complexity index is 984. The van der Waals surface area contributed by atoms with Gasteiger partial charge in [0, 0.05) is 18.5 Å². The zero-order chi connectivity index (χ0) is 15.8. The molecule has 0 aliphatic heterocycles. The maximum atomic E-state index is 14.3. The third-order valence-corrected chi connectivity index (χ3v) is 3.74. The minimum Gasteiger partial charge on any atom is -0.433 e. The van der Waals surface area contributed by atoms with Gasteiger partial charge in [-0.2, -0.15) is 5.10 Å². The monoisotopic (exact) mass is 374 g/mol. The summed E-state index contributed by atoms with van der Waals surface area (Å²) in [6, 6.07) is 4.50. The van der Waals surface area contributed by atoms with Crippen LogP contribution in [0.1, 0.15) is 0 Å². The van der Waals surface area contributed by atoms with Crippen LogP contribution in [0, 0.1) is 5.82 Å². The smallest absolute Gasteiger partial charge is 0.263 e. The summed E-state index contributed by atoms with van der Waals surface area (Å²) in [5.41, 5.74) is 1.03. The van der Waals surface area contributed by atoms with Crippen LogP contribution in [0.15, 0.2) is 54.0 Å². The van der Waals surface area contributed by atoms with Crippen molar-refractivity contribution in [2.75, 3.05) is 0 Å². The SMILES string of the molecule is Fc1cc(-n2cncn2)ccc1Oc1nccn2c(Br)cnc12. The Kier molecular flexibility index (Phi) is 3.27. The molecule has 0 fully saturated rings. The maximum Gasteiger partial charge on any atom is 0.263 e. The molecule has 0 saturated carbocycles. The minimum atomic E-state index is -0.535. The number of nitrogens with zero attached hydrogens (tertiary/aromatic N) is 6. The van der Waals surface area contributed by atoms with Gasteiger partial charge in [0.1, 0.15) is 17.3 Å². The van der Waals surface area contributed by atoms with E-state index in [4.69, 9.17) is 4.74 Å². The number of benzene rings is 1. The van der Waals surface area contributed by atoms with Crippen molar-refractivity contribution in [3.05, 3.63) is 59.9 Å². The first kappa shape index (κ1) is 13.8. The van der Waals surface area contributed by atoms with Crippen LogP contribution in [0.2, 0.25) is 0 Å². The van der Waals surface area contributed by atoms with Crippen LogP contribution in [0.25, 0.3) is 11.3 Å². The molecule has 3 heterocycles. The summed E-state index contributed by atoms with van der Waals surface area (Å²) < 4.78 is 23.8. The van der Waals surface area contributed by atoms with Crippen molar-refractivity contribution in [3.8, 4) is 17.3 Å². The van der Waals surface area contributed by atoms with Crippen LogP contribution in [0.3, 0.4) is 0 Å². The molecule has 0 radical (unpaired) electrons. The van der Waals surface area contributed by atoms with Gasteiger partial charge in [-0.1, -0.05) is 0 Å². The fraction of sp³-hybridized carbons (Fsp3) is 0.